The predicted molar refractivity (Wildman–Crippen MR) is 66.6 cm³/mol. The topological polar surface area (TPSA) is 44.5 Å². The fourth-order valence-electron chi connectivity index (χ4n) is 2.97. The van der Waals surface area contributed by atoms with E-state index in [1.54, 1.807) is 14.2 Å². The average molecular weight is 233 g/mol. The number of benzene rings is 1. The highest BCUT2D eigenvalue weighted by molar-refractivity contribution is 5.51. The summed E-state index contributed by atoms with van der Waals surface area (Å²) in [5.41, 5.74) is 7.88. The predicted octanol–water partition coefficient (Wildman–Crippen LogP) is 2.23. The number of hydrogen-bond donors (Lipinski definition) is 1. The number of nitrogens with two attached hydrogens (primary N) is 1. The Morgan fingerprint density at radius 3 is 2.24 bits per heavy atom. The van der Waals surface area contributed by atoms with E-state index < -0.39 is 0 Å². The van der Waals surface area contributed by atoms with E-state index in [0.717, 1.165) is 24.3 Å². The van der Waals surface area contributed by atoms with E-state index in [4.69, 9.17) is 15.2 Å². The van der Waals surface area contributed by atoms with Crippen LogP contribution >= 0.6 is 0 Å². The fraction of sp³-hybridized carbons (Fsp3) is 0.571. The lowest BCUT2D eigenvalue weighted by Gasteiger charge is -2.25. The molecule has 0 radical (unpaired) electrons. The standard InChI is InChI=1S/C14H19NO2/c1-16-10-3-4-11(12(9-10)17-2)13(5-6-13)14(15)7-8-14/h3-4,9H,5-8,15H2,1-2H3. The molecule has 2 fully saturated rings. The van der Waals surface area contributed by atoms with Crippen molar-refractivity contribution in [2.24, 2.45) is 5.73 Å². The van der Waals surface area contributed by atoms with Crippen LogP contribution in [0.3, 0.4) is 0 Å². The van der Waals surface area contributed by atoms with Crippen LogP contribution in [0.5, 0.6) is 11.5 Å². The van der Waals surface area contributed by atoms with Gasteiger partial charge < -0.3 is 15.2 Å². The molecule has 2 aliphatic carbocycles. The van der Waals surface area contributed by atoms with Crippen LogP contribution in [0, 0.1) is 0 Å². The smallest absolute Gasteiger partial charge is 0.126 e. The molecule has 2 N–H and O–H groups in total. The molecule has 0 aliphatic heterocycles. The maximum atomic E-state index is 6.43. The van der Waals surface area contributed by atoms with Gasteiger partial charge in [0, 0.05) is 22.6 Å². The third kappa shape index (κ3) is 1.45. The summed E-state index contributed by atoms with van der Waals surface area (Å²) in [5.74, 6) is 1.75. The molecule has 0 aromatic heterocycles. The van der Waals surface area contributed by atoms with Crippen molar-refractivity contribution < 1.29 is 9.47 Å². The molecular formula is C14H19NO2. The molecule has 2 saturated carbocycles. The Labute approximate surface area is 102 Å². The van der Waals surface area contributed by atoms with Crippen LogP contribution in [0.4, 0.5) is 0 Å². The van der Waals surface area contributed by atoms with Crippen molar-refractivity contribution in [3.8, 4) is 11.5 Å². The Balaban J connectivity index is 2.03. The molecule has 92 valence electrons. The second-order valence-corrected chi connectivity index (χ2v) is 5.30. The monoisotopic (exact) mass is 233 g/mol. The maximum absolute atomic E-state index is 6.43. The highest BCUT2D eigenvalue weighted by atomic mass is 16.5. The van der Waals surface area contributed by atoms with Crippen LogP contribution in [-0.4, -0.2) is 19.8 Å². The van der Waals surface area contributed by atoms with Crippen LogP contribution in [0.2, 0.25) is 0 Å². The first-order valence-corrected chi connectivity index (χ1v) is 6.17. The van der Waals surface area contributed by atoms with E-state index in [1.807, 2.05) is 12.1 Å². The zero-order valence-electron chi connectivity index (χ0n) is 10.5. The first-order valence-electron chi connectivity index (χ1n) is 6.17. The van der Waals surface area contributed by atoms with Crippen molar-refractivity contribution in [1.82, 2.24) is 0 Å². The van der Waals surface area contributed by atoms with Gasteiger partial charge in [-0.3, -0.25) is 0 Å². The Morgan fingerprint density at radius 2 is 1.76 bits per heavy atom. The van der Waals surface area contributed by atoms with Gasteiger partial charge in [-0.05, 0) is 31.7 Å². The normalized spacial score (nSPS) is 23.0. The van der Waals surface area contributed by atoms with Crippen LogP contribution in [0.1, 0.15) is 31.2 Å². The van der Waals surface area contributed by atoms with Crippen LogP contribution in [0.15, 0.2) is 18.2 Å². The van der Waals surface area contributed by atoms with Gasteiger partial charge in [0.1, 0.15) is 11.5 Å². The molecule has 0 unspecified atom stereocenters. The highest BCUT2D eigenvalue weighted by Crippen LogP contribution is 2.65. The fourth-order valence-corrected chi connectivity index (χ4v) is 2.97. The summed E-state index contributed by atoms with van der Waals surface area (Å²) in [5, 5.41) is 0. The van der Waals surface area contributed by atoms with Gasteiger partial charge in [-0.15, -0.1) is 0 Å². The highest BCUT2D eigenvalue weighted by Gasteiger charge is 2.64. The second kappa shape index (κ2) is 3.39. The molecule has 0 saturated heterocycles. The molecule has 0 bridgehead atoms. The van der Waals surface area contributed by atoms with Crippen molar-refractivity contribution in [2.45, 2.75) is 36.6 Å². The van der Waals surface area contributed by atoms with Gasteiger partial charge in [0.25, 0.3) is 0 Å². The van der Waals surface area contributed by atoms with E-state index in [0.29, 0.717) is 0 Å². The minimum atomic E-state index is 0.0227. The van der Waals surface area contributed by atoms with Gasteiger partial charge in [0.05, 0.1) is 14.2 Å². The van der Waals surface area contributed by atoms with Gasteiger partial charge in [0.2, 0.25) is 0 Å². The van der Waals surface area contributed by atoms with Crippen LogP contribution < -0.4 is 15.2 Å². The Morgan fingerprint density at radius 1 is 1.06 bits per heavy atom. The van der Waals surface area contributed by atoms with Crippen molar-refractivity contribution in [2.75, 3.05) is 14.2 Å². The molecule has 1 aromatic rings. The molecule has 3 nitrogen and oxygen atoms in total. The minimum Gasteiger partial charge on any atom is -0.497 e. The number of ether oxygens (including phenoxy) is 2. The van der Waals surface area contributed by atoms with Crippen molar-refractivity contribution in [3.05, 3.63) is 23.8 Å². The summed E-state index contributed by atoms with van der Waals surface area (Å²) in [6.07, 6.45) is 4.66. The van der Waals surface area contributed by atoms with Gasteiger partial charge in [-0.1, -0.05) is 6.07 Å². The molecule has 17 heavy (non-hydrogen) atoms. The largest absolute Gasteiger partial charge is 0.497 e. The van der Waals surface area contributed by atoms with Crippen molar-refractivity contribution >= 4 is 0 Å². The quantitative estimate of drug-likeness (QED) is 0.867. The average Bonchev–Trinajstić information content (AvgIpc) is 3.24. The first kappa shape index (κ1) is 10.9. The van der Waals surface area contributed by atoms with Crippen LogP contribution in [0.25, 0.3) is 0 Å². The minimum absolute atomic E-state index is 0.0227. The third-order valence-electron chi connectivity index (χ3n) is 4.42. The van der Waals surface area contributed by atoms with E-state index in [-0.39, 0.29) is 11.0 Å². The lowest BCUT2D eigenvalue weighted by Crippen LogP contribution is -2.37. The van der Waals surface area contributed by atoms with Crippen molar-refractivity contribution in [3.63, 3.8) is 0 Å². The molecule has 0 amide bonds. The summed E-state index contributed by atoms with van der Waals surface area (Å²) in [6.45, 7) is 0. The summed E-state index contributed by atoms with van der Waals surface area (Å²) >= 11 is 0. The molecule has 3 heteroatoms. The zero-order chi connectivity index (χ0) is 12.1. The molecule has 1 aromatic carbocycles. The zero-order valence-corrected chi connectivity index (χ0v) is 10.5. The van der Waals surface area contributed by atoms with Crippen molar-refractivity contribution in [1.29, 1.82) is 0 Å². The lowest BCUT2D eigenvalue weighted by atomic mass is 9.85. The van der Waals surface area contributed by atoms with E-state index in [9.17, 15) is 0 Å². The molecule has 2 aliphatic rings. The molecule has 3 rings (SSSR count). The molecule has 0 spiro atoms. The number of methoxy groups -OCH3 is 2. The second-order valence-electron chi connectivity index (χ2n) is 5.30. The maximum Gasteiger partial charge on any atom is 0.126 e. The third-order valence-corrected chi connectivity index (χ3v) is 4.42. The lowest BCUT2D eigenvalue weighted by molar-refractivity contribution is 0.380. The van der Waals surface area contributed by atoms with Gasteiger partial charge in [-0.25, -0.2) is 0 Å². The van der Waals surface area contributed by atoms with Gasteiger partial charge in [-0.2, -0.15) is 0 Å². The summed E-state index contributed by atoms with van der Waals surface area (Å²) in [7, 11) is 3.39. The van der Waals surface area contributed by atoms with E-state index in [2.05, 4.69) is 6.07 Å². The first-order chi connectivity index (χ1) is 8.15. The molecule has 0 atom stereocenters. The summed E-state index contributed by atoms with van der Waals surface area (Å²) in [4.78, 5) is 0. The Bertz CT molecular complexity index is 448. The van der Waals surface area contributed by atoms with Gasteiger partial charge in [0.15, 0.2) is 0 Å². The number of hydrogen-bond acceptors (Lipinski definition) is 3. The SMILES string of the molecule is COc1ccc(C2(C3(N)CC3)CC2)c(OC)c1. The molecular weight excluding hydrogens is 214 g/mol. The van der Waals surface area contributed by atoms with Gasteiger partial charge >= 0.3 is 0 Å². The summed E-state index contributed by atoms with van der Waals surface area (Å²) < 4.78 is 10.7. The number of rotatable bonds is 4. The van der Waals surface area contributed by atoms with E-state index >= 15 is 0 Å². The Kier molecular flexibility index (Phi) is 2.17. The molecule has 0 heterocycles. The van der Waals surface area contributed by atoms with E-state index in [1.165, 1.54) is 18.4 Å². The van der Waals surface area contributed by atoms with Crippen LogP contribution in [-0.2, 0) is 5.41 Å². The summed E-state index contributed by atoms with van der Waals surface area (Å²) in [6, 6.07) is 6.09. The Hall–Kier alpha value is -1.22.